The van der Waals surface area contributed by atoms with Gasteiger partial charge in [-0.05, 0) is 73.7 Å². The second-order valence-electron chi connectivity index (χ2n) is 8.60. The summed E-state index contributed by atoms with van der Waals surface area (Å²) in [4.78, 5) is 22.6. The van der Waals surface area contributed by atoms with E-state index in [1.165, 1.54) is 6.33 Å². The lowest BCUT2D eigenvalue weighted by molar-refractivity contribution is -0.133. The fourth-order valence-corrected chi connectivity index (χ4v) is 4.33. The number of carbonyl (C=O) groups is 1. The predicted octanol–water partition coefficient (Wildman–Crippen LogP) is 3.14. The van der Waals surface area contributed by atoms with Crippen molar-refractivity contribution in [3.8, 4) is 17.2 Å². The van der Waals surface area contributed by atoms with E-state index in [0.29, 0.717) is 47.8 Å². The zero-order valence-corrected chi connectivity index (χ0v) is 19.4. The van der Waals surface area contributed by atoms with Crippen LogP contribution in [0.2, 0.25) is 0 Å². The highest BCUT2D eigenvalue weighted by atomic mass is 16.5. The van der Waals surface area contributed by atoms with E-state index in [0.717, 1.165) is 12.8 Å². The molecule has 0 saturated carbocycles. The third-order valence-corrected chi connectivity index (χ3v) is 6.10. The van der Waals surface area contributed by atoms with Crippen LogP contribution in [-0.4, -0.2) is 56.4 Å². The number of anilines is 1. The number of aliphatic hydroxyl groups excluding tert-OH is 1. The molecule has 1 amide bonds. The Hall–Kier alpha value is -3.98. The Labute approximate surface area is 203 Å². The van der Waals surface area contributed by atoms with E-state index in [9.17, 15) is 9.90 Å². The first-order valence-electron chi connectivity index (χ1n) is 11.6. The normalized spacial score (nSPS) is 15.6. The van der Waals surface area contributed by atoms with Crippen molar-refractivity contribution in [2.24, 2.45) is 5.92 Å². The lowest BCUT2D eigenvalue weighted by atomic mass is 9.90. The van der Waals surface area contributed by atoms with Crippen molar-refractivity contribution in [2.45, 2.75) is 25.7 Å². The summed E-state index contributed by atoms with van der Waals surface area (Å²) >= 11 is 0. The maximum Gasteiger partial charge on any atom is 0.224 e. The Kier molecular flexibility index (Phi) is 7.57. The minimum atomic E-state index is -0.150. The lowest BCUT2D eigenvalue weighted by Crippen LogP contribution is -2.41. The molecule has 182 valence electrons. The summed E-state index contributed by atoms with van der Waals surface area (Å²) in [6.07, 6.45) is 3.96. The minimum Gasteiger partial charge on any atom is -0.508 e. The molecule has 9 heteroatoms. The predicted molar refractivity (Wildman–Crippen MR) is 132 cm³/mol. The number of hydrogen-bond donors (Lipinski definition) is 4. The average molecular weight is 476 g/mol. The first-order chi connectivity index (χ1) is 16.9. The molecule has 2 heterocycles. The number of rotatable bonds is 8. The molecule has 1 atom stereocenters. The monoisotopic (exact) mass is 475 g/mol. The second kappa shape index (κ2) is 11.0. The number of aromatic hydroxyl groups is 1. The molecule has 0 radical (unpaired) electrons. The first-order valence-corrected chi connectivity index (χ1v) is 11.6. The van der Waals surface area contributed by atoms with Crippen molar-refractivity contribution < 1.29 is 19.7 Å². The van der Waals surface area contributed by atoms with Gasteiger partial charge in [0, 0.05) is 25.1 Å². The molecule has 1 aliphatic heterocycles. The number of aromatic nitrogens is 2. The highest BCUT2D eigenvalue weighted by molar-refractivity contribution is 6.14. The number of ether oxygens (including phenoxy) is 1. The van der Waals surface area contributed by atoms with Crippen LogP contribution >= 0.6 is 0 Å². The molecule has 2 aromatic carbocycles. The van der Waals surface area contributed by atoms with Gasteiger partial charge in [-0.25, -0.2) is 9.97 Å². The molecular formula is C26H29N5O4. The van der Waals surface area contributed by atoms with Gasteiger partial charge in [-0.15, -0.1) is 0 Å². The van der Waals surface area contributed by atoms with Crippen LogP contribution < -0.4 is 10.5 Å². The van der Waals surface area contributed by atoms with Crippen LogP contribution in [0.3, 0.4) is 0 Å². The van der Waals surface area contributed by atoms with Gasteiger partial charge in [0.15, 0.2) is 0 Å². The van der Waals surface area contributed by atoms with Crippen LogP contribution in [0.5, 0.6) is 17.2 Å². The van der Waals surface area contributed by atoms with E-state index in [4.69, 9.17) is 21.0 Å². The molecule has 1 unspecified atom stereocenters. The van der Waals surface area contributed by atoms with Crippen LogP contribution in [0, 0.1) is 11.3 Å². The molecule has 35 heavy (non-hydrogen) atoms. The maximum atomic E-state index is 12.2. The Bertz CT molecular complexity index is 1180. The number of amides is 1. The summed E-state index contributed by atoms with van der Waals surface area (Å²) < 4.78 is 5.79. The summed E-state index contributed by atoms with van der Waals surface area (Å²) in [7, 11) is 0. The van der Waals surface area contributed by atoms with Crippen molar-refractivity contribution in [3.05, 3.63) is 71.7 Å². The Morgan fingerprint density at radius 1 is 1.11 bits per heavy atom. The summed E-state index contributed by atoms with van der Waals surface area (Å²) in [5.74, 6) is 1.74. The second-order valence-corrected chi connectivity index (χ2v) is 8.60. The van der Waals surface area contributed by atoms with Gasteiger partial charge in [-0.2, -0.15) is 0 Å². The quantitative estimate of drug-likeness (QED) is 0.366. The van der Waals surface area contributed by atoms with Crippen LogP contribution in [0.4, 0.5) is 5.82 Å². The SMILES string of the molecule is N=C(c1ccc(Oc2ccc(O)cc2)cc1)c1c(N)ncnc1CC1CCCN(C(=O)CCO)C1. The summed E-state index contributed by atoms with van der Waals surface area (Å²) in [5.41, 5.74) is 8.25. The standard InChI is InChI=1S/C26H29N5O4/c27-25(18-3-7-20(8-4-18)35-21-9-5-19(33)6-10-21)24-22(29-16-30-26(24)28)14-17-2-1-12-31(15-17)23(34)11-13-32/h3-10,16-17,27,32-33H,1-2,11-15H2,(H2,28,29,30). The number of piperidine rings is 1. The van der Waals surface area contributed by atoms with Gasteiger partial charge >= 0.3 is 0 Å². The van der Waals surface area contributed by atoms with E-state index in [1.54, 1.807) is 53.4 Å². The number of nitrogens with two attached hydrogens (primary N) is 1. The third kappa shape index (κ3) is 5.93. The van der Waals surface area contributed by atoms with Gasteiger partial charge in [0.25, 0.3) is 0 Å². The van der Waals surface area contributed by atoms with Gasteiger partial charge in [0.05, 0.1) is 23.6 Å². The van der Waals surface area contributed by atoms with Gasteiger partial charge < -0.3 is 25.6 Å². The maximum absolute atomic E-state index is 12.2. The van der Waals surface area contributed by atoms with Crippen LogP contribution in [0.15, 0.2) is 54.9 Å². The largest absolute Gasteiger partial charge is 0.508 e. The minimum absolute atomic E-state index is 0.0398. The lowest BCUT2D eigenvalue weighted by Gasteiger charge is -2.33. The molecule has 3 aromatic rings. The van der Waals surface area contributed by atoms with Crippen molar-refractivity contribution in [2.75, 3.05) is 25.4 Å². The number of phenolic OH excluding ortho intramolecular Hbond substituents is 1. The summed E-state index contributed by atoms with van der Waals surface area (Å²) in [6.45, 7) is 1.14. The van der Waals surface area contributed by atoms with Crippen LogP contribution in [0.1, 0.15) is 36.1 Å². The van der Waals surface area contributed by atoms with E-state index in [2.05, 4.69) is 9.97 Å². The van der Waals surface area contributed by atoms with Crippen molar-refractivity contribution in [3.63, 3.8) is 0 Å². The Morgan fingerprint density at radius 3 is 2.49 bits per heavy atom. The molecule has 0 bridgehead atoms. The molecule has 4 rings (SSSR count). The van der Waals surface area contributed by atoms with E-state index < -0.39 is 0 Å². The summed E-state index contributed by atoms with van der Waals surface area (Å²) in [5, 5.41) is 27.3. The van der Waals surface area contributed by atoms with Crippen LogP contribution in [-0.2, 0) is 11.2 Å². The number of nitrogen functional groups attached to an aromatic ring is 1. The third-order valence-electron chi connectivity index (χ3n) is 6.10. The van der Waals surface area contributed by atoms with Gasteiger partial charge in [-0.1, -0.05) is 0 Å². The number of carbonyl (C=O) groups excluding carboxylic acids is 1. The van der Waals surface area contributed by atoms with Gasteiger partial charge in [0.1, 0.15) is 29.4 Å². The molecule has 1 saturated heterocycles. The highest BCUT2D eigenvalue weighted by Crippen LogP contribution is 2.27. The summed E-state index contributed by atoms with van der Waals surface area (Å²) in [6, 6.07) is 13.5. The molecule has 9 nitrogen and oxygen atoms in total. The van der Waals surface area contributed by atoms with Crippen molar-refractivity contribution in [1.82, 2.24) is 14.9 Å². The number of benzene rings is 2. The molecule has 0 aliphatic carbocycles. The van der Waals surface area contributed by atoms with Crippen LogP contribution in [0.25, 0.3) is 0 Å². The number of phenols is 1. The molecule has 5 N–H and O–H groups in total. The number of likely N-dealkylation sites (tertiary alicyclic amines) is 1. The number of nitrogens with zero attached hydrogens (tertiary/aromatic N) is 3. The number of hydrogen-bond acceptors (Lipinski definition) is 8. The highest BCUT2D eigenvalue weighted by Gasteiger charge is 2.26. The van der Waals surface area contributed by atoms with E-state index in [-0.39, 0.29) is 42.1 Å². The fourth-order valence-electron chi connectivity index (χ4n) is 4.33. The number of nitrogens with one attached hydrogen (secondary N) is 1. The Balaban J connectivity index is 1.49. The molecule has 1 aromatic heterocycles. The van der Waals surface area contributed by atoms with E-state index in [1.807, 2.05) is 0 Å². The van der Waals surface area contributed by atoms with Gasteiger partial charge in [0.2, 0.25) is 5.91 Å². The average Bonchev–Trinajstić information content (AvgIpc) is 2.86. The van der Waals surface area contributed by atoms with Crippen molar-refractivity contribution >= 4 is 17.4 Å². The number of aliphatic hydroxyl groups is 1. The van der Waals surface area contributed by atoms with Crippen molar-refractivity contribution in [1.29, 1.82) is 5.41 Å². The van der Waals surface area contributed by atoms with E-state index >= 15 is 0 Å². The molecule has 0 spiro atoms. The fraction of sp³-hybridized carbons (Fsp3) is 0.308. The van der Waals surface area contributed by atoms with Gasteiger partial charge in [-0.3, -0.25) is 10.2 Å². The Morgan fingerprint density at radius 2 is 1.80 bits per heavy atom. The zero-order valence-electron chi connectivity index (χ0n) is 19.4. The molecular weight excluding hydrogens is 446 g/mol. The zero-order chi connectivity index (χ0) is 24.8. The molecule has 1 fully saturated rings. The first kappa shape index (κ1) is 24.2. The topological polar surface area (TPSA) is 146 Å². The smallest absolute Gasteiger partial charge is 0.224 e. The molecule has 1 aliphatic rings.